The second kappa shape index (κ2) is 8.57. The Morgan fingerprint density at radius 1 is 1.00 bits per heavy atom. The van der Waals surface area contributed by atoms with Crippen LogP contribution in [0.4, 0.5) is 27.1 Å². The molecule has 0 unspecified atom stereocenters. The lowest BCUT2D eigenvalue weighted by Gasteiger charge is -2.25. The highest BCUT2D eigenvalue weighted by atomic mass is 19.1. The molecule has 4 aromatic carbocycles. The lowest BCUT2D eigenvalue weighted by molar-refractivity contribution is -0.124. The van der Waals surface area contributed by atoms with Crippen LogP contribution in [0.1, 0.15) is 22.3 Å². The number of hydrogen-bond donors (Lipinski definition) is 2. The van der Waals surface area contributed by atoms with Crippen LogP contribution >= 0.6 is 0 Å². The topological polar surface area (TPSA) is 102 Å². The summed E-state index contributed by atoms with van der Waals surface area (Å²) in [5, 5.41) is 4.53. The van der Waals surface area contributed by atoms with E-state index in [1.165, 1.54) is 36.3 Å². The summed E-state index contributed by atoms with van der Waals surface area (Å²) in [4.78, 5) is 40.1. The molecule has 35 heavy (non-hydrogen) atoms. The quantitative estimate of drug-likeness (QED) is 0.254. The number of methoxy groups -OCH3 is 1. The van der Waals surface area contributed by atoms with E-state index in [1.807, 2.05) is 30.3 Å². The Bertz CT molecular complexity index is 1530. The summed E-state index contributed by atoms with van der Waals surface area (Å²) in [6, 6.07) is 19.3. The molecule has 8 heteroatoms. The highest BCUT2D eigenvalue weighted by Crippen LogP contribution is 2.42. The van der Waals surface area contributed by atoms with Crippen LogP contribution in [0.25, 0.3) is 10.8 Å². The van der Waals surface area contributed by atoms with Gasteiger partial charge in [-0.2, -0.15) is 0 Å². The molecule has 7 nitrogen and oxygen atoms in total. The molecule has 0 radical (unpaired) electrons. The zero-order valence-electron chi connectivity index (χ0n) is 18.7. The summed E-state index contributed by atoms with van der Waals surface area (Å²) in [5.41, 5.74) is 8.25. The molecule has 2 amide bonds. The molecule has 1 aliphatic heterocycles. The van der Waals surface area contributed by atoms with Gasteiger partial charge in [-0.05, 0) is 41.8 Å². The maximum atomic E-state index is 13.6. The van der Waals surface area contributed by atoms with Crippen molar-refractivity contribution in [3.8, 4) is 5.75 Å². The van der Waals surface area contributed by atoms with Crippen molar-refractivity contribution in [2.24, 2.45) is 0 Å². The Labute approximate surface area is 199 Å². The number of amides is 2. The monoisotopic (exact) mass is 469 g/mol. The van der Waals surface area contributed by atoms with Gasteiger partial charge in [-0.1, -0.05) is 30.3 Å². The van der Waals surface area contributed by atoms with Gasteiger partial charge in [0.2, 0.25) is 11.8 Å². The molecule has 5 rings (SSSR count). The molecule has 3 N–H and O–H groups in total. The van der Waals surface area contributed by atoms with Gasteiger partial charge in [0, 0.05) is 17.0 Å². The average molecular weight is 469 g/mol. The van der Waals surface area contributed by atoms with Crippen molar-refractivity contribution in [1.29, 1.82) is 0 Å². The lowest BCUT2D eigenvalue weighted by atomic mass is 10.0. The van der Waals surface area contributed by atoms with E-state index in [-0.39, 0.29) is 29.0 Å². The van der Waals surface area contributed by atoms with E-state index in [9.17, 15) is 18.8 Å². The number of ether oxygens (including phenoxy) is 1. The minimum Gasteiger partial charge on any atom is -0.496 e. The maximum Gasteiger partial charge on any atom is 0.241 e. The number of nitrogens with two attached hydrogens (primary N) is 1. The molecule has 4 aromatic rings. The number of benzene rings is 4. The Morgan fingerprint density at radius 3 is 2.54 bits per heavy atom. The molecule has 0 fully saturated rings. The lowest BCUT2D eigenvalue weighted by Crippen LogP contribution is -2.27. The van der Waals surface area contributed by atoms with E-state index in [0.29, 0.717) is 17.1 Å². The van der Waals surface area contributed by atoms with E-state index in [4.69, 9.17) is 10.5 Å². The first-order valence-electron chi connectivity index (χ1n) is 10.8. The second-order valence-corrected chi connectivity index (χ2v) is 8.08. The van der Waals surface area contributed by atoms with Crippen molar-refractivity contribution in [3.05, 3.63) is 89.7 Å². The molecular formula is C27H20FN3O4. The molecule has 0 aromatic heterocycles. The van der Waals surface area contributed by atoms with E-state index in [2.05, 4.69) is 5.32 Å². The number of ketones is 1. The number of carbonyl (C=O) groups is 3. The van der Waals surface area contributed by atoms with Gasteiger partial charge in [0.25, 0.3) is 0 Å². The van der Waals surface area contributed by atoms with Crippen LogP contribution in [0.5, 0.6) is 5.75 Å². The molecular weight excluding hydrogens is 449 g/mol. The fourth-order valence-electron chi connectivity index (χ4n) is 4.28. The zero-order chi connectivity index (χ0) is 24.7. The summed E-state index contributed by atoms with van der Waals surface area (Å²) >= 11 is 0. The summed E-state index contributed by atoms with van der Waals surface area (Å²) in [7, 11) is 1.35. The number of anilines is 4. The van der Waals surface area contributed by atoms with E-state index >= 15 is 0 Å². The molecule has 0 saturated carbocycles. The minimum absolute atomic E-state index is 0.103. The first kappa shape index (κ1) is 22.1. The van der Waals surface area contributed by atoms with Crippen LogP contribution < -0.4 is 20.7 Å². The van der Waals surface area contributed by atoms with Crippen LogP contribution in [0.15, 0.2) is 72.8 Å². The third kappa shape index (κ3) is 3.85. The fourth-order valence-corrected chi connectivity index (χ4v) is 4.28. The van der Waals surface area contributed by atoms with Crippen LogP contribution in [0, 0.1) is 5.82 Å². The number of carbonyl (C=O) groups excluding carboxylic acids is 3. The van der Waals surface area contributed by atoms with Crippen molar-refractivity contribution < 1.29 is 23.5 Å². The summed E-state index contributed by atoms with van der Waals surface area (Å²) in [6.07, 6.45) is -0.365. The van der Waals surface area contributed by atoms with Crippen molar-refractivity contribution in [3.63, 3.8) is 0 Å². The molecule has 1 aliphatic rings. The fraction of sp³-hybridized carbons (Fsp3) is 0.0741. The van der Waals surface area contributed by atoms with Crippen LogP contribution in [0.2, 0.25) is 0 Å². The molecule has 0 spiro atoms. The van der Waals surface area contributed by atoms with Crippen molar-refractivity contribution in [2.45, 2.75) is 6.42 Å². The Hall–Kier alpha value is -4.72. The number of halogens is 1. The number of hydrogen-bond acceptors (Lipinski definition) is 5. The van der Waals surface area contributed by atoms with Crippen molar-refractivity contribution in [1.82, 2.24) is 0 Å². The van der Waals surface area contributed by atoms with Crippen molar-refractivity contribution >= 4 is 51.1 Å². The first-order valence-corrected chi connectivity index (χ1v) is 10.8. The van der Waals surface area contributed by atoms with E-state index < -0.39 is 23.4 Å². The van der Waals surface area contributed by atoms with Gasteiger partial charge in [0.15, 0.2) is 5.78 Å². The maximum absolute atomic E-state index is 13.6. The molecule has 0 saturated heterocycles. The average Bonchev–Trinajstić information content (AvgIpc) is 2.98. The Morgan fingerprint density at radius 2 is 1.77 bits per heavy atom. The van der Waals surface area contributed by atoms with E-state index in [0.717, 1.165) is 16.8 Å². The van der Waals surface area contributed by atoms with Gasteiger partial charge < -0.3 is 15.8 Å². The van der Waals surface area contributed by atoms with Crippen molar-refractivity contribution in [2.75, 3.05) is 23.1 Å². The number of fused-ring (bicyclic) bond motifs is 3. The summed E-state index contributed by atoms with van der Waals surface area (Å²) < 4.78 is 18.7. The summed E-state index contributed by atoms with van der Waals surface area (Å²) in [6.45, 7) is 0. The van der Waals surface area contributed by atoms with Crippen LogP contribution in [0.3, 0.4) is 0 Å². The summed E-state index contributed by atoms with van der Waals surface area (Å²) in [5.74, 6) is -1.72. The third-order valence-electron chi connectivity index (χ3n) is 5.91. The molecule has 174 valence electrons. The van der Waals surface area contributed by atoms with Gasteiger partial charge >= 0.3 is 0 Å². The largest absolute Gasteiger partial charge is 0.496 e. The standard InChI is InChI=1S/C27H20FN3O4/c1-35-23-13-17(28)8-9-19(23)27(34)16-7-10-21(20(29)12-16)31-22-11-6-15-4-2-3-5-18(15)26(22)30-24(32)14-25(31)33/h2-13H,14,29H2,1H3,(H,30,32). The SMILES string of the molecule is COc1cc(F)ccc1C(=O)c1ccc(N2C(=O)CC(=O)Nc3c2ccc2ccccc32)c(N)c1. The highest BCUT2D eigenvalue weighted by Gasteiger charge is 2.30. The predicted octanol–water partition coefficient (Wildman–Crippen LogP) is 4.81. The molecule has 0 bridgehead atoms. The number of nitrogens with one attached hydrogen (secondary N) is 1. The van der Waals surface area contributed by atoms with Crippen LogP contribution in [-0.2, 0) is 9.59 Å². The highest BCUT2D eigenvalue weighted by molar-refractivity contribution is 6.22. The number of rotatable bonds is 4. The zero-order valence-corrected chi connectivity index (χ0v) is 18.7. The van der Waals surface area contributed by atoms with Crippen LogP contribution in [-0.4, -0.2) is 24.7 Å². The van der Waals surface area contributed by atoms with Gasteiger partial charge in [0.1, 0.15) is 18.0 Å². The number of nitrogen functional groups attached to an aromatic ring is 1. The second-order valence-electron chi connectivity index (χ2n) is 8.08. The van der Waals surface area contributed by atoms with E-state index in [1.54, 1.807) is 12.1 Å². The smallest absolute Gasteiger partial charge is 0.241 e. The Balaban J connectivity index is 1.60. The minimum atomic E-state index is -0.526. The van der Waals surface area contributed by atoms with Gasteiger partial charge in [-0.3, -0.25) is 19.3 Å². The van der Waals surface area contributed by atoms with Gasteiger partial charge in [-0.25, -0.2) is 4.39 Å². The van der Waals surface area contributed by atoms with Gasteiger partial charge in [0.05, 0.1) is 35.4 Å². The number of nitrogens with zero attached hydrogens (tertiary/aromatic N) is 1. The molecule has 0 atom stereocenters. The predicted molar refractivity (Wildman–Crippen MR) is 132 cm³/mol. The molecule has 1 heterocycles. The normalized spacial score (nSPS) is 13.3. The van der Waals surface area contributed by atoms with Gasteiger partial charge in [-0.15, -0.1) is 0 Å². The first-order chi connectivity index (χ1) is 16.9. The molecule has 0 aliphatic carbocycles. The Kier molecular flexibility index (Phi) is 5.41. The third-order valence-corrected chi connectivity index (χ3v) is 5.91.